The first-order valence-electron chi connectivity index (χ1n) is 8.28. The van der Waals surface area contributed by atoms with Gasteiger partial charge in [-0.05, 0) is 50.2 Å². The Morgan fingerprint density at radius 2 is 1.72 bits per heavy atom. The predicted molar refractivity (Wildman–Crippen MR) is 101 cm³/mol. The van der Waals surface area contributed by atoms with Crippen LogP contribution in [0.3, 0.4) is 0 Å². The van der Waals surface area contributed by atoms with Gasteiger partial charge in [-0.1, -0.05) is 23.8 Å². The third kappa shape index (κ3) is 5.80. The summed E-state index contributed by atoms with van der Waals surface area (Å²) in [7, 11) is 5.19. The van der Waals surface area contributed by atoms with E-state index in [1.807, 2.05) is 61.3 Å². The highest BCUT2D eigenvalue weighted by Crippen LogP contribution is 2.27. The molecule has 0 heterocycles. The number of carbonyl (C=O) groups excluding carboxylic acids is 1. The number of benzene rings is 2. The number of nitrogens with one attached hydrogen (secondary N) is 1. The van der Waals surface area contributed by atoms with Crippen molar-refractivity contribution in [2.45, 2.75) is 13.3 Å². The Labute approximate surface area is 149 Å². The number of ether oxygens (including phenoxy) is 2. The predicted octanol–water partition coefficient (Wildman–Crippen LogP) is 3.13. The van der Waals surface area contributed by atoms with Crippen LogP contribution < -0.4 is 14.8 Å². The average Bonchev–Trinajstić information content (AvgIpc) is 2.61. The van der Waals surface area contributed by atoms with Crippen molar-refractivity contribution in [3.8, 4) is 11.5 Å². The minimum absolute atomic E-state index is 0.0151. The first kappa shape index (κ1) is 18.8. The molecular weight excluding hydrogens is 316 g/mol. The van der Waals surface area contributed by atoms with E-state index in [0.717, 1.165) is 35.7 Å². The van der Waals surface area contributed by atoms with Gasteiger partial charge in [0.25, 0.3) is 0 Å². The van der Waals surface area contributed by atoms with Crippen molar-refractivity contribution in [1.82, 2.24) is 4.90 Å². The van der Waals surface area contributed by atoms with Gasteiger partial charge >= 0.3 is 0 Å². The van der Waals surface area contributed by atoms with E-state index in [4.69, 9.17) is 9.47 Å². The third-order valence-electron chi connectivity index (χ3n) is 3.98. The minimum Gasteiger partial charge on any atom is -0.493 e. The summed E-state index contributed by atoms with van der Waals surface area (Å²) in [5.41, 5.74) is 3.14. The Hall–Kier alpha value is -2.53. The van der Waals surface area contributed by atoms with E-state index in [9.17, 15) is 4.79 Å². The molecule has 0 saturated carbocycles. The highest BCUT2D eigenvalue weighted by atomic mass is 16.5. The van der Waals surface area contributed by atoms with E-state index in [1.165, 1.54) is 5.56 Å². The number of anilines is 1. The zero-order valence-electron chi connectivity index (χ0n) is 15.3. The largest absolute Gasteiger partial charge is 0.493 e. The third-order valence-corrected chi connectivity index (χ3v) is 3.98. The highest BCUT2D eigenvalue weighted by Gasteiger charge is 2.09. The number of aryl methyl sites for hydroxylation is 1. The van der Waals surface area contributed by atoms with E-state index in [0.29, 0.717) is 6.54 Å². The molecule has 0 aliphatic heterocycles. The molecule has 1 amide bonds. The molecule has 0 bridgehead atoms. The second-order valence-electron chi connectivity index (χ2n) is 6.09. The maximum atomic E-state index is 12.1. The van der Waals surface area contributed by atoms with Crippen molar-refractivity contribution >= 4 is 11.6 Å². The maximum absolute atomic E-state index is 12.1. The summed E-state index contributed by atoms with van der Waals surface area (Å²) in [6, 6.07) is 13.7. The van der Waals surface area contributed by atoms with Crippen LogP contribution in [0.25, 0.3) is 0 Å². The summed E-state index contributed by atoms with van der Waals surface area (Å²) in [6.45, 7) is 3.14. The fraction of sp³-hybridized carbons (Fsp3) is 0.350. The fourth-order valence-electron chi connectivity index (χ4n) is 2.52. The molecule has 5 heteroatoms. The quantitative estimate of drug-likeness (QED) is 0.801. The van der Waals surface area contributed by atoms with Gasteiger partial charge in [-0.2, -0.15) is 0 Å². The topological polar surface area (TPSA) is 50.8 Å². The number of rotatable bonds is 8. The highest BCUT2D eigenvalue weighted by molar-refractivity contribution is 5.92. The molecule has 0 aliphatic carbocycles. The molecule has 2 aromatic rings. The lowest BCUT2D eigenvalue weighted by molar-refractivity contribution is -0.117. The lowest BCUT2D eigenvalue weighted by atomic mass is 10.1. The number of carbonyl (C=O) groups is 1. The second kappa shape index (κ2) is 9.08. The van der Waals surface area contributed by atoms with Crippen molar-refractivity contribution in [2.75, 3.05) is 39.7 Å². The van der Waals surface area contributed by atoms with Gasteiger partial charge in [-0.25, -0.2) is 0 Å². The van der Waals surface area contributed by atoms with Crippen LogP contribution in [0.1, 0.15) is 11.1 Å². The Bertz CT molecular complexity index is 699. The summed E-state index contributed by atoms with van der Waals surface area (Å²) in [4.78, 5) is 14.1. The standard InChI is InChI=1S/C20H26N2O3/c1-15-5-8-17(9-6-15)21-20(23)14-22(2)12-11-16-7-10-18(24-3)19(13-16)25-4/h5-10,13H,11-12,14H2,1-4H3,(H,21,23). The summed E-state index contributed by atoms with van der Waals surface area (Å²) in [6.07, 6.45) is 0.828. The molecule has 2 aromatic carbocycles. The van der Waals surface area contributed by atoms with Crippen LogP contribution in [0.4, 0.5) is 5.69 Å². The molecule has 0 unspecified atom stereocenters. The fourth-order valence-corrected chi connectivity index (χ4v) is 2.52. The van der Waals surface area contributed by atoms with Crippen LogP contribution in [-0.4, -0.2) is 45.2 Å². The van der Waals surface area contributed by atoms with Gasteiger partial charge in [-0.15, -0.1) is 0 Å². The number of amides is 1. The smallest absolute Gasteiger partial charge is 0.238 e. The number of methoxy groups -OCH3 is 2. The van der Waals surface area contributed by atoms with Crippen molar-refractivity contribution in [1.29, 1.82) is 0 Å². The molecule has 2 rings (SSSR count). The van der Waals surface area contributed by atoms with Crippen LogP contribution in [0.2, 0.25) is 0 Å². The van der Waals surface area contributed by atoms with Crippen molar-refractivity contribution in [2.24, 2.45) is 0 Å². The van der Waals surface area contributed by atoms with E-state index >= 15 is 0 Å². The van der Waals surface area contributed by atoms with E-state index in [2.05, 4.69) is 5.32 Å². The summed E-state index contributed by atoms with van der Waals surface area (Å²) in [5, 5.41) is 2.91. The van der Waals surface area contributed by atoms with E-state index < -0.39 is 0 Å². The average molecular weight is 342 g/mol. The molecule has 0 atom stereocenters. The zero-order chi connectivity index (χ0) is 18.2. The van der Waals surface area contributed by atoms with Crippen molar-refractivity contribution < 1.29 is 14.3 Å². The van der Waals surface area contributed by atoms with Gasteiger partial charge in [0.05, 0.1) is 20.8 Å². The van der Waals surface area contributed by atoms with Gasteiger partial charge in [0, 0.05) is 12.2 Å². The lowest BCUT2D eigenvalue weighted by Gasteiger charge is -2.17. The Morgan fingerprint density at radius 3 is 2.36 bits per heavy atom. The summed E-state index contributed by atoms with van der Waals surface area (Å²) >= 11 is 0. The van der Waals surface area contributed by atoms with Gasteiger partial charge in [-0.3, -0.25) is 9.69 Å². The molecular formula is C20H26N2O3. The van der Waals surface area contributed by atoms with Gasteiger partial charge in [0.2, 0.25) is 5.91 Å². The maximum Gasteiger partial charge on any atom is 0.238 e. The monoisotopic (exact) mass is 342 g/mol. The zero-order valence-corrected chi connectivity index (χ0v) is 15.3. The van der Waals surface area contributed by atoms with Crippen LogP contribution in [0.5, 0.6) is 11.5 Å². The summed E-state index contributed by atoms with van der Waals surface area (Å²) < 4.78 is 10.6. The summed E-state index contributed by atoms with van der Waals surface area (Å²) in [5.74, 6) is 1.43. The van der Waals surface area contributed by atoms with Gasteiger partial charge in [0.1, 0.15) is 0 Å². The normalized spacial score (nSPS) is 10.6. The Kier molecular flexibility index (Phi) is 6.83. The lowest BCUT2D eigenvalue weighted by Crippen LogP contribution is -2.31. The first-order valence-corrected chi connectivity index (χ1v) is 8.28. The molecule has 25 heavy (non-hydrogen) atoms. The molecule has 0 aromatic heterocycles. The van der Waals surface area contributed by atoms with Crippen molar-refractivity contribution in [3.63, 3.8) is 0 Å². The number of hydrogen-bond donors (Lipinski definition) is 1. The molecule has 0 fully saturated rings. The van der Waals surface area contributed by atoms with Crippen LogP contribution in [0, 0.1) is 6.92 Å². The number of nitrogens with zero attached hydrogens (tertiary/aromatic N) is 1. The second-order valence-corrected chi connectivity index (χ2v) is 6.09. The van der Waals surface area contributed by atoms with Gasteiger partial charge in [0.15, 0.2) is 11.5 Å². The van der Waals surface area contributed by atoms with E-state index in [1.54, 1.807) is 14.2 Å². The first-order chi connectivity index (χ1) is 12.0. The molecule has 1 N–H and O–H groups in total. The molecule has 0 radical (unpaired) electrons. The minimum atomic E-state index is -0.0151. The molecule has 5 nitrogen and oxygen atoms in total. The van der Waals surface area contributed by atoms with Crippen LogP contribution in [0.15, 0.2) is 42.5 Å². The van der Waals surface area contributed by atoms with Crippen LogP contribution >= 0.6 is 0 Å². The van der Waals surface area contributed by atoms with Crippen LogP contribution in [-0.2, 0) is 11.2 Å². The number of likely N-dealkylation sites (N-methyl/N-ethyl adjacent to an activating group) is 1. The molecule has 0 aliphatic rings. The Balaban J connectivity index is 1.82. The SMILES string of the molecule is COc1ccc(CCN(C)CC(=O)Nc2ccc(C)cc2)cc1OC. The number of hydrogen-bond acceptors (Lipinski definition) is 4. The van der Waals surface area contributed by atoms with E-state index in [-0.39, 0.29) is 5.91 Å². The van der Waals surface area contributed by atoms with Gasteiger partial charge < -0.3 is 14.8 Å². The Morgan fingerprint density at radius 1 is 1.04 bits per heavy atom. The molecule has 134 valence electrons. The van der Waals surface area contributed by atoms with Crippen molar-refractivity contribution in [3.05, 3.63) is 53.6 Å². The molecule has 0 saturated heterocycles. The molecule has 0 spiro atoms.